The van der Waals surface area contributed by atoms with Crippen LogP contribution in [0.5, 0.6) is 0 Å². The third-order valence-electron chi connectivity index (χ3n) is 2.43. The lowest BCUT2D eigenvalue weighted by molar-refractivity contribution is 0.102. The van der Waals surface area contributed by atoms with Gasteiger partial charge in [0.2, 0.25) is 0 Å². The molecule has 0 radical (unpaired) electrons. The van der Waals surface area contributed by atoms with Crippen LogP contribution in [0.2, 0.25) is 5.02 Å². The fourth-order valence-electron chi connectivity index (χ4n) is 1.48. The molecule has 20 heavy (non-hydrogen) atoms. The van der Waals surface area contributed by atoms with E-state index < -0.39 is 29.0 Å². The zero-order valence-corrected chi connectivity index (χ0v) is 12.0. The van der Waals surface area contributed by atoms with E-state index in [1.54, 1.807) is 0 Å². The molecule has 2 nitrogen and oxygen atoms in total. The number of benzene rings is 2. The summed E-state index contributed by atoms with van der Waals surface area (Å²) in [5.74, 6) is -4.19. The molecule has 7 heteroatoms. The molecule has 2 rings (SSSR count). The highest BCUT2D eigenvalue weighted by molar-refractivity contribution is 9.10. The molecule has 0 spiro atoms. The van der Waals surface area contributed by atoms with Crippen molar-refractivity contribution in [2.75, 3.05) is 5.32 Å². The van der Waals surface area contributed by atoms with Crippen molar-refractivity contribution in [2.45, 2.75) is 0 Å². The average molecular weight is 365 g/mol. The van der Waals surface area contributed by atoms with E-state index in [1.807, 2.05) is 5.32 Å². The maximum absolute atomic E-state index is 13.4. The molecule has 1 N–H and O–H groups in total. The number of hydrogen-bond acceptors (Lipinski definition) is 1. The van der Waals surface area contributed by atoms with Crippen molar-refractivity contribution in [1.82, 2.24) is 0 Å². The Bertz CT molecular complexity index is 670. The summed E-state index contributed by atoms with van der Waals surface area (Å²) in [6.45, 7) is 0. The fraction of sp³-hybridized carbons (Fsp3) is 0. The SMILES string of the molecule is O=C(Nc1c(F)cc(F)cc1F)c1ccc(Cl)c(Br)c1. The molecule has 0 saturated carbocycles. The minimum Gasteiger partial charge on any atom is -0.317 e. The molecule has 2 aromatic rings. The second-order valence-electron chi connectivity index (χ2n) is 3.83. The Morgan fingerprint density at radius 3 is 2.25 bits per heavy atom. The van der Waals surface area contributed by atoms with Crippen molar-refractivity contribution in [1.29, 1.82) is 0 Å². The van der Waals surface area contributed by atoms with Gasteiger partial charge in [0.15, 0.2) is 11.6 Å². The van der Waals surface area contributed by atoms with Gasteiger partial charge in [-0.15, -0.1) is 0 Å². The molecule has 0 bridgehead atoms. The van der Waals surface area contributed by atoms with Crippen molar-refractivity contribution in [3.8, 4) is 0 Å². The van der Waals surface area contributed by atoms with Gasteiger partial charge >= 0.3 is 0 Å². The molecule has 2 aromatic carbocycles. The maximum Gasteiger partial charge on any atom is 0.255 e. The molecule has 0 aromatic heterocycles. The van der Waals surface area contributed by atoms with Crippen molar-refractivity contribution in [2.24, 2.45) is 0 Å². The summed E-state index contributed by atoms with van der Waals surface area (Å²) in [4.78, 5) is 11.9. The molecule has 0 unspecified atom stereocenters. The third kappa shape index (κ3) is 3.13. The zero-order valence-electron chi connectivity index (χ0n) is 9.68. The van der Waals surface area contributed by atoms with Gasteiger partial charge in [0.05, 0.1) is 5.02 Å². The van der Waals surface area contributed by atoms with Crippen LogP contribution in [-0.4, -0.2) is 5.91 Å². The van der Waals surface area contributed by atoms with Gasteiger partial charge in [-0.25, -0.2) is 13.2 Å². The third-order valence-corrected chi connectivity index (χ3v) is 3.64. The van der Waals surface area contributed by atoms with Crippen molar-refractivity contribution < 1.29 is 18.0 Å². The van der Waals surface area contributed by atoms with E-state index in [2.05, 4.69) is 15.9 Å². The van der Waals surface area contributed by atoms with Gasteiger partial charge in [-0.2, -0.15) is 0 Å². The van der Waals surface area contributed by atoms with Gasteiger partial charge in [0.1, 0.15) is 11.5 Å². The lowest BCUT2D eigenvalue weighted by atomic mass is 10.2. The van der Waals surface area contributed by atoms with Gasteiger partial charge < -0.3 is 5.32 Å². The Morgan fingerprint density at radius 2 is 1.70 bits per heavy atom. The molecular formula is C13H6BrClF3NO. The smallest absolute Gasteiger partial charge is 0.255 e. The predicted octanol–water partition coefficient (Wildman–Crippen LogP) is 4.77. The van der Waals surface area contributed by atoms with Crippen LogP contribution in [0.25, 0.3) is 0 Å². The molecule has 0 aliphatic carbocycles. The molecule has 0 aliphatic rings. The summed E-state index contributed by atoms with van der Waals surface area (Å²) in [7, 11) is 0. The van der Waals surface area contributed by atoms with Gasteiger partial charge in [-0.3, -0.25) is 4.79 Å². The normalized spacial score (nSPS) is 10.4. The number of anilines is 1. The molecular weight excluding hydrogens is 358 g/mol. The van der Waals surface area contributed by atoms with Crippen LogP contribution in [0.15, 0.2) is 34.8 Å². The molecule has 0 aliphatic heterocycles. The lowest BCUT2D eigenvalue weighted by Crippen LogP contribution is -2.14. The maximum atomic E-state index is 13.4. The van der Waals surface area contributed by atoms with E-state index in [-0.39, 0.29) is 5.56 Å². The second kappa shape index (κ2) is 5.85. The Balaban J connectivity index is 2.30. The van der Waals surface area contributed by atoms with Gasteiger partial charge in [-0.05, 0) is 34.1 Å². The summed E-state index contributed by atoms with van der Waals surface area (Å²) in [6.07, 6.45) is 0. The van der Waals surface area contributed by atoms with Crippen LogP contribution in [-0.2, 0) is 0 Å². The molecule has 1 amide bonds. The van der Waals surface area contributed by atoms with Crippen molar-refractivity contribution >= 4 is 39.1 Å². The van der Waals surface area contributed by atoms with Crippen LogP contribution in [0.4, 0.5) is 18.9 Å². The van der Waals surface area contributed by atoms with Gasteiger partial charge in [0, 0.05) is 22.2 Å². The van der Waals surface area contributed by atoms with E-state index in [4.69, 9.17) is 11.6 Å². The second-order valence-corrected chi connectivity index (χ2v) is 5.09. The fourth-order valence-corrected chi connectivity index (χ4v) is 1.98. The molecule has 0 saturated heterocycles. The summed E-state index contributed by atoms with van der Waals surface area (Å²) < 4.78 is 40.0. The minimum absolute atomic E-state index is 0.143. The minimum atomic E-state index is -1.19. The topological polar surface area (TPSA) is 29.1 Å². The first kappa shape index (κ1) is 14.9. The van der Waals surface area contributed by atoms with E-state index in [0.29, 0.717) is 21.6 Å². The average Bonchev–Trinajstić information content (AvgIpc) is 2.36. The lowest BCUT2D eigenvalue weighted by Gasteiger charge is -2.08. The van der Waals surface area contributed by atoms with Gasteiger partial charge in [-0.1, -0.05) is 11.6 Å². The largest absolute Gasteiger partial charge is 0.317 e. The Kier molecular flexibility index (Phi) is 4.35. The van der Waals surface area contributed by atoms with Crippen LogP contribution in [0.3, 0.4) is 0 Å². The first-order valence-corrected chi connectivity index (χ1v) is 6.46. The summed E-state index contributed by atoms with van der Waals surface area (Å²) in [5.41, 5.74) is -0.563. The van der Waals surface area contributed by atoms with E-state index >= 15 is 0 Å². The standard InChI is InChI=1S/C13H6BrClF3NO/c14-8-3-6(1-2-9(8)15)13(20)19-12-10(17)4-7(16)5-11(12)18/h1-5H,(H,19,20). The summed E-state index contributed by atoms with van der Waals surface area (Å²) >= 11 is 8.90. The number of rotatable bonds is 2. The predicted molar refractivity (Wildman–Crippen MR) is 73.4 cm³/mol. The Labute approximate surface area is 125 Å². The highest BCUT2D eigenvalue weighted by Gasteiger charge is 2.16. The molecule has 104 valence electrons. The number of carbonyl (C=O) groups excluding carboxylic acids is 1. The van der Waals surface area contributed by atoms with Crippen molar-refractivity contribution in [3.05, 3.63) is 62.8 Å². The van der Waals surface area contributed by atoms with Crippen LogP contribution >= 0.6 is 27.5 Å². The molecule has 0 fully saturated rings. The van der Waals surface area contributed by atoms with E-state index in [9.17, 15) is 18.0 Å². The van der Waals surface area contributed by atoms with E-state index in [0.717, 1.165) is 0 Å². The highest BCUT2D eigenvalue weighted by Crippen LogP contribution is 2.25. The summed E-state index contributed by atoms with van der Waals surface area (Å²) in [6, 6.07) is 5.21. The number of carbonyl (C=O) groups is 1. The first-order chi connectivity index (χ1) is 9.38. The van der Waals surface area contributed by atoms with Gasteiger partial charge in [0.25, 0.3) is 5.91 Å². The van der Waals surface area contributed by atoms with E-state index in [1.165, 1.54) is 18.2 Å². The molecule has 0 heterocycles. The number of amides is 1. The Hall–Kier alpha value is -1.53. The monoisotopic (exact) mass is 363 g/mol. The number of nitrogens with one attached hydrogen (secondary N) is 1. The molecule has 0 atom stereocenters. The van der Waals surface area contributed by atoms with Crippen molar-refractivity contribution in [3.63, 3.8) is 0 Å². The van der Waals surface area contributed by atoms with Crippen LogP contribution < -0.4 is 5.32 Å². The quantitative estimate of drug-likeness (QED) is 0.817. The first-order valence-electron chi connectivity index (χ1n) is 5.29. The highest BCUT2D eigenvalue weighted by atomic mass is 79.9. The number of hydrogen-bond donors (Lipinski definition) is 1. The Morgan fingerprint density at radius 1 is 1.10 bits per heavy atom. The van der Waals surface area contributed by atoms with Crippen LogP contribution in [0.1, 0.15) is 10.4 Å². The van der Waals surface area contributed by atoms with Crippen LogP contribution in [0, 0.1) is 17.5 Å². The number of halogens is 5. The zero-order chi connectivity index (χ0) is 14.9. The summed E-state index contributed by atoms with van der Waals surface area (Å²) in [5, 5.41) is 2.44.